The van der Waals surface area contributed by atoms with E-state index in [1.165, 1.54) is 0 Å². The van der Waals surface area contributed by atoms with E-state index in [1.54, 1.807) is 60.7 Å². The van der Waals surface area contributed by atoms with Gasteiger partial charge in [-0.1, -0.05) is 25.1 Å². The number of nitrogen functional groups attached to an aromatic ring is 1. The molecule has 192 valence electrons. The van der Waals surface area contributed by atoms with Crippen LogP contribution in [0.5, 0.6) is 5.75 Å². The average Bonchev–Trinajstić information content (AvgIpc) is 3.12. The highest BCUT2D eigenvalue weighted by atomic mass is 35.5. The van der Waals surface area contributed by atoms with Gasteiger partial charge in [-0.15, -0.1) is 12.4 Å². The standard InChI is InChI=1S/C27H26N4O5.ClH/c1-2-16-7-12-22(36-14-13-31-25(32)19-5-3-4-6-20(19)26(31)33)21(15-16)23(27(34)35)30-18-10-8-17(9-11-18)24(28)29;/h3-12,15,23,30H,2,13-14H2,1H3,(H3,28,29)(H,34,35);1H. The summed E-state index contributed by atoms with van der Waals surface area (Å²) in [5.41, 5.74) is 8.63. The maximum Gasteiger partial charge on any atom is 0.330 e. The third kappa shape index (κ3) is 5.73. The zero-order chi connectivity index (χ0) is 25.8. The van der Waals surface area contributed by atoms with Gasteiger partial charge in [0.1, 0.15) is 18.2 Å². The molecule has 10 heteroatoms. The van der Waals surface area contributed by atoms with Crippen molar-refractivity contribution >= 4 is 41.7 Å². The first-order valence-corrected chi connectivity index (χ1v) is 11.4. The molecule has 0 spiro atoms. The Hall–Kier alpha value is -4.37. The van der Waals surface area contributed by atoms with Crippen molar-refractivity contribution in [1.82, 2.24) is 4.90 Å². The first-order valence-electron chi connectivity index (χ1n) is 11.4. The number of aryl methyl sites for hydroxylation is 1. The van der Waals surface area contributed by atoms with Gasteiger partial charge < -0.3 is 20.9 Å². The van der Waals surface area contributed by atoms with E-state index in [0.717, 1.165) is 10.5 Å². The van der Waals surface area contributed by atoms with E-state index < -0.39 is 12.0 Å². The van der Waals surface area contributed by atoms with Gasteiger partial charge in [-0.05, 0) is 60.5 Å². The summed E-state index contributed by atoms with van der Waals surface area (Å²) in [4.78, 5) is 38.6. The van der Waals surface area contributed by atoms with Crippen molar-refractivity contribution in [3.8, 4) is 5.75 Å². The van der Waals surface area contributed by atoms with E-state index in [-0.39, 0.29) is 43.2 Å². The minimum Gasteiger partial charge on any atom is -0.491 e. The topological polar surface area (TPSA) is 146 Å². The number of carboxylic acid groups (broad SMARTS) is 1. The smallest absolute Gasteiger partial charge is 0.330 e. The molecule has 3 aromatic rings. The van der Waals surface area contributed by atoms with Gasteiger partial charge in [0, 0.05) is 16.8 Å². The van der Waals surface area contributed by atoms with Crippen LogP contribution in [0.4, 0.5) is 5.69 Å². The Morgan fingerprint density at radius 3 is 2.22 bits per heavy atom. The van der Waals surface area contributed by atoms with E-state index in [1.807, 2.05) is 13.0 Å². The Kier molecular flexibility index (Phi) is 8.52. The number of imide groups is 1. The van der Waals surface area contributed by atoms with Crippen molar-refractivity contribution in [3.05, 3.63) is 94.5 Å². The normalized spacial score (nSPS) is 12.9. The molecule has 1 atom stereocenters. The van der Waals surface area contributed by atoms with Crippen molar-refractivity contribution in [2.45, 2.75) is 19.4 Å². The summed E-state index contributed by atoms with van der Waals surface area (Å²) in [6.45, 7) is 1.99. The number of benzene rings is 3. The number of fused-ring (bicyclic) bond motifs is 1. The largest absolute Gasteiger partial charge is 0.491 e. The zero-order valence-electron chi connectivity index (χ0n) is 20.1. The van der Waals surface area contributed by atoms with Crippen LogP contribution >= 0.6 is 12.4 Å². The van der Waals surface area contributed by atoms with Crippen LogP contribution in [0.1, 0.15) is 50.4 Å². The number of amides is 2. The summed E-state index contributed by atoms with van der Waals surface area (Å²) in [5.74, 6) is -1.60. The van der Waals surface area contributed by atoms with E-state index in [9.17, 15) is 19.5 Å². The molecule has 5 N–H and O–H groups in total. The first kappa shape index (κ1) is 27.2. The van der Waals surface area contributed by atoms with Crippen LogP contribution in [0, 0.1) is 5.41 Å². The summed E-state index contributed by atoms with van der Waals surface area (Å²) in [7, 11) is 0. The average molecular weight is 523 g/mol. The van der Waals surface area contributed by atoms with Gasteiger partial charge in [-0.3, -0.25) is 19.9 Å². The van der Waals surface area contributed by atoms with Gasteiger partial charge in [-0.2, -0.15) is 0 Å². The second kappa shape index (κ2) is 11.6. The fourth-order valence-electron chi connectivity index (χ4n) is 4.05. The van der Waals surface area contributed by atoms with Crippen LogP contribution in [0.25, 0.3) is 0 Å². The van der Waals surface area contributed by atoms with E-state index >= 15 is 0 Å². The first-order chi connectivity index (χ1) is 17.3. The molecular formula is C27H27ClN4O5. The molecule has 1 unspecified atom stereocenters. The van der Waals surface area contributed by atoms with Crippen molar-refractivity contribution in [2.75, 3.05) is 18.5 Å². The molecule has 0 aromatic heterocycles. The third-order valence-corrected chi connectivity index (χ3v) is 6.00. The number of nitrogens with zero attached hydrogens (tertiary/aromatic N) is 1. The summed E-state index contributed by atoms with van der Waals surface area (Å²) >= 11 is 0. The number of amidine groups is 1. The lowest BCUT2D eigenvalue weighted by atomic mass is 10.0. The molecule has 0 bridgehead atoms. The molecule has 2 amide bonds. The molecule has 37 heavy (non-hydrogen) atoms. The van der Waals surface area contributed by atoms with Crippen molar-refractivity contribution < 1.29 is 24.2 Å². The summed E-state index contributed by atoms with van der Waals surface area (Å²) in [6, 6.07) is 17.4. The van der Waals surface area contributed by atoms with Gasteiger partial charge in [0.15, 0.2) is 6.04 Å². The molecule has 0 saturated carbocycles. The second-order valence-electron chi connectivity index (χ2n) is 8.29. The highest BCUT2D eigenvalue weighted by Gasteiger charge is 2.35. The van der Waals surface area contributed by atoms with Gasteiger partial charge >= 0.3 is 5.97 Å². The molecule has 1 aliphatic heterocycles. The number of carbonyl (C=O) groups excluding carboxylic acids is 2. The lowest BCUT2D eigenvalue weighted by molar-refractivity contribution is -0.138. The van der Waals surface area contributed by atoms with Crippen LogP contribution < -0.4 is 15.8 Å². The number of rotatable bonds is 10. The van der Waals surface area contributed by atoms with Crippen molar-refractivity contribution in [3.63, 3.8) is 0 Å². The molecule has 4 rings (SSSR count). The van der Waals surface area contributed by atoms with Crippen LogP contribution in [-0.2, 0) is 11.2 Å². The predicted molar refractivity (Wildman–Crippen MR) is 142 cm³/mol. The van der Waals surface area contributed by atoms with E-state index in [4.69, 9.17) is 15.9 Å². The maximum atomic E-state index is 12.6. The molecule has 9 nitrogen and oxygen atoms in total. The molecule has 1 aliphatic rings. The number of nitrogens with one attached hydrogen (secondary N) is 2. The van der Waals surface area contributed by atoms with Gasteiger partial charge in [0.05, 0.1) is 17.7 Å². The Bertz CT molecular complexity index is 1310. The number of anilines is 1. The number of halogens is 1. The number of ether oxygens (including phenoxy) is 1. The van der Waals surface area contributed by atoms with E-state index in [0.29, 0.717) is 40.1 Å². The highest BCUT2D eigenvalue weighted by molar-refractivity contribution is 6.21. The molecule has 0 saturated heterocycles. The molecular weight excluding hydrogens is 496 g/mol. The summed E-state index contributed by atoms with van der Waals surface area (Å²) in [5, 5.41) is 20.5. The fourth-order valence-corrected chi connectivity index (χ4v) is 4.05. The number of nitrogens with two attached hydrogens (primary N) is 1. The predicted octanol–water partition coefficient (Wildman–Crippen LogP) is 3.87. The van der Waals surface area contributed by atoms with Gasteiger partial charge in [0.2, 0.25) is 0 Å². The fraction of sp³-hybridized carbons (Fsp3) is 0.185. The van der Waals surface area contributed by atoms with Gasteiger partial charge in [0.25, 0.3) is 11.8 Å². The number of carbonyl (C=O) groups is 3. The van der Waals surface area contributed by atoms with Crippen LogP contribution in [0.15, 0.2) is 66.7 Å². The third-order valence-electron chi connectivity index (χ3n) is 6.00. The Morgan fingerprint density at radius 1 is 1.05 bits per heavy atom. The van der Waals surface area contributed by atoms with E-state index in [2.05, 4.69) is 5.32 Å². The minimum atomic E-state index is -1.13. The van der Waals surface area contributed by atoms with Crippen molar-refractivity contribution in [2.24, 2.45) is 5.73 Å². The zero-order valence-corrected chi connectivity index (χ0v) is 20.9. The van der Waals surface area contributed by atoms with Crippen LogP contribution in [0.2, 0.25) is 0 Å². The lowest BCUT2D eigenvalue weighted by Crippen LogP contribution is -2.33. The summed E-state index contributed by atoms with van der Waals surface area (Å²) in [6.07, 6.45) is 0.696. The number of hydrogen-bond donors (Lipinski definition) is 4. The lowest BCUT2D eigenvalue weighted by Gasteiger charge is -2.21. The highest BCUT2D eigenvalue weighted by Crippen LogP contribution is 2.31. The van der Waals surface area contributed by atoms with Crippen LogP contribution in [-0.4, -0.2) is 46.8 Å². The maximum absolute atomic E-state index is 12.6. The monoisotopic (exact) mass is 522 g/mol. The molecule has 0 radical (unpaired) electrons. The molecule has 1 heterocycles. The molecule has 3 aromatic carbocycles. The molecule has 0 aliphatic carbocycles. The van der Waals surface area contributed by atoms with Crippen molar-refractivity contribution in [1.29, 1.82) is 5.41 Å². The number of hydrogen-bond acceptors (Lipinski definition) is 6. The number of aliphatic carboxylic acids is 1. The quantitative estimate of drug-likeness (QED) is 0.179. The second-order valence-corrected chi connectivity index (χ2v) is 8.29. The minimum absolute atomic E-state index is 0. The van der Waals surface area contributed by atoms with Crippen LogP contribution in [0.3, 0.4) is 0 Å². The Labute approximate surface area is 220 Å². The molecule has 0 fully saturated rings. The van der Waals surface area contributed by atoms with Gasteiger partial charge in [-0.25, -0.2) is 4.79 Å². The number of carboxylic acids is 1. The Balaban J connectivity index is 0.00000380. The SMILES string of the molecule is CCc1ccc(OCCN2C(=O)c3ccccc3C2=O)c(C(Nc2ccc(C(=N)N)cc2)C(=O)O)c1.Cl. The Morgan fingerprint density at radius 2 is 1.68 bits per heavy atom. The summed E-state index contributed by atoms with van der Waals surface area (Å²) < 4.78 is 5.92.